The Morgan fingerprint density at radius 1 is 0.947 bits per heavy atom. The molecular formula is C26H29N3O9. The maximum Gasteiger partial charge on any atom is 0.338 e. The predicted molar refractivity (Wildman–Crippen MR) is 133 cm³/mol. The van der Waals surface area contributed by atoms with Crippen molar-refractivity contribution in [2.45, 2.75) is 19.8 Å². The Kier molecular flexibility index (Phi) is 9.63. The van der Waals surface area contributed by atoms with Gasteiger partial charge in [0.1, 0.15) is 0 Å². The fourth-order valence-corrected chi connectivity index (χ4v) is 3.56. The molecule has 202 valence electrons. The van der Waals surface area contributed by atoms with Crippen LogP contribution in [0.25, 0.3) is 0 Å². The van der Waals surface area contributed by atoms with Gasteiger partial charge in [0.05, 0.1) is 38.9 Å². The minimum Gasteiger partial charge on any atom is -0.493 e. The van der Waals surface area contributed by atoms with E-state index in [1.807, 2.05) is 6.92 Å². The first-order valence-electron chi connectivity index (χ1n) is 11.8. The molecule has 0 aromatic heterocycles. The second kappa shape index (κ2) is 13.1. The average Bonchev–Trinajstić information content (AvgIpc) is 3.30. The molecule has 1 saturated heterocycles. The van der Waals surface area contributed by atoms with Crippen molar-refractivity contribution < 1.29 is 42.9 Å². The topological polar surface area (TPSA) is 150 Å². The van der Waals surface area contributed by atoms with Crippen molar-refractivity contribution in [3.63, 3.8) is 0 Å². The summed E-state index contributed by atoms with van der Waals surface area (Å²) >= 11 is 0. The van der Waals surface area contributed by atoms with Crippen LogP contribution in [0.4, 0.5) is 5.69 Å². The zero-order valence-corrected chi connectivity index (χ0v) is 21.3. The number of ether oxygens (including phenoxy) is 4. The van der Waals surface area contributed by atoms with E-state index in [2.05, 4.69) is 10.7 Å². The summed E-state index contributed by atoms with van der Waals surface area (Å²) in [7, 11) is 2.90. The third-order valence-corrected chi connectivity index (χ3v) is 5.53. The average molecular weight is 528 g/mol. The van der Waals surface area contributed by atoms with Gasteiger partial charge in [-0.1, -0.05) is 6.92 Å². The Morgan fingerprint density at radius 3 is 2.29 bits per heavy atom. The van der Waals surface area contributed by atoms with Crippen molar-refractivity contribution in [1.29, 1.82) is 0 Å². The fraction of sp³-hybridized carbons (Fsp3) is 0.346. The molecule has 2 N–H and O–H groups in total. The van der Waals surface area contributed by atoms with Gasteiger partial charge in [-0.2, -0.15) is 0 Å². The maximum absolute atomic E-state index is 12.6. The summed E-state index contributed by atoms with van der Waals surface area (Å²) in [4.78, 5) is 61.4. The molecule has 1 aliphatic rings. The van der Waals surface area contributed by atoms with E-state index in [1.165, 1.54) is 50.6 Å². The number of rotatable bonds is 11. The molecule has 2 aromatic rings. The molecule has 1 fully saturated rings. The Balaban J connectivity index is 1.47. The molecule has 3 rings (SSSR count). The first-order chi connectivity index (χ1) is 18.2. The van der Waals surface area contributed by atoms with Gasteiger partial charge in [0, 0.05) is 17.7 Å². The van der Waals surface area contributed by atoms with Gasteiger partial charge < -0.3 is 24.3 Å². The highest BCUT2D eigenvalue weighted by Gasteiger charge is 2.36. The number of nitrogens with one attached hydrogen (secondary N) is 2. The van der Waals surface area contributed by atoms with Gasteiger partial charge in [0.15, 0.2) is 18.1 Å². The van der Waals surface area contributed by atoms with Gasteiger partial charge in [0.2, 0.25) is 5.91 Å². The molecule has 1 aliphatic heterocycles. The van der Waals surface area contributed by atoms with Crippen molar-refractivity contribution in [3.8, 4) is 11.5 Å². The Morgan fingerprint density at radius 2 is 1.63 bits per heavy atom. The molecule has 1 heterocycles. The zero-order valence-electron chi connectivity index (χ0n) is 21.3. The third-order valence-electron chi connectivity index (χ3n) is 5.53. The van der Waals surface area contributed by atoms with Crippen LogP contribution < -0.4 is 20.2 Å². The number of carbonyl (C=O) groups is 5. The number of nitrogens with zero attached hydrogens (tertiary/aromatic N) is 1. The number of amides is 3. The Labute approximate surface area is 219 Å². The van der Waals surface area contributed by atoms with E-state index < -0.39 is 42.2 Å². The minimum atomic E-state index is -0.852. The normalized spacial score (nSPS) is 14.4. The van der Waals surface area contributed by atoms with Crippen LogP contribution in [-0.2, 0) is 23.9 Å². The van der Waals surface area contributed by atoms with E-state index in [9.17, 15) is 24.0 Å². The van der Waals surface area contributed by atoms with Crippen molar-refractivity contribution in [1.82, 2.24) is 10.4 Å². The maximum atomic E-state index is 12.6. The molecule has 38 heavy (non-hydrogen) atoms. The molecule has 12 nitrogen and oxygen atoms in total. The summed E-state index contributed by atoms with van der Waals surface area (Å²) in [6, 6.07) is 10.6. The number of anilines is 1. The van der Waals surface area contributed by atoms with Gasteiger partial charge in [0.25, 0.3) is 11.8 Å². The quantitative estimate of drug-likeness (QED) is 0.418. The first-order valence-corrected chi connectivity index (χ1v) is 11.8. The molecule has 0 bridgehead atoms. The summed E-state index contributed by atoms with van der Waals surface area (Å²) in [5.74, 6) is -2.91. The zero-order chi connectivity index (χ0) is 27.7. The lowest BCUT2D eigenvalue weighted by Crippen LogP contribution is -2.43. The van der Waals surface area contributed by atoms with Crippen LogP contribution in [-0.4, -0.2) is 68.6 Å². The predicted octanol–water partition coefficient (Wildman–Crippen LogP) is 1.95. The summed E-state index contributed by atoms with van der Waals surface area (Å²) in [6.07, 6.45) is 0.530. The highest BCUT2D eigenvalue weighted by Crippen LogP contribution is 2.27. The van der Waals surface area contributed by atoms with Crippen molar-refractivity contribution in [2.75, 3.05) is 39.3 Å². The lowest BCUT2D eigenvalue weighted by molar-refractivity contribution is -0.151. The van der Waals surface area contributed by atoms with Crippen LogP contribution in [0.2, 0.25) is 0 Å². The highest BCUT2D eigenvalue weighted by molar-refractivity contribution is 5.97. The van der Waals surface area contributed by atoms with Gasteiger partial charge in [-0.25, -0.2) is 4.79 Å². The molecule has 1 atom stereocenters. The van der Waals surface area contributed by atoms with Crippen LogP contribution in [0.15, 0.2) is 42.5 Å². The van der Waals surface area contributed by atoms with E-state index in [0.717, 1.165) is 5.01 Å². The first kappa shape index (κ1) is 28.0. The molecule has 0 radical (unpaired) electrons. The third kappa shape index (κ3) is 7.21. The minimum absolute atomic E-state index is 0.103. The Hall–Kier alpha value is -4.61. The number of benzene rings is 2. The standard InChI is InChI=1S/C26H29N3O9/c1-4-11-37-25(33)16-5-8-19(9-6-16)27-22(30)15-38-26(34)18-13-23(31)29(14-18)28-24(32)17-7-10-20(35-2)21(12-17)36-3/h5-10,12,18H,4,11,13-15H2,1-3H3,(H,27,30)(H,28,32)/t18-/m0/s1. The van der Waals surface area contributed by atoms with Crippen LogP contribution in [0.5, 0.6) is 11.5 Å². The second-order valence-electron chi connectivity index (χ2n) is 8.29. The van der Waals surface area contributed by atoms with Crippen LogP contribution in [0, 0.1) is 5.92 Å². The number of esters is 2. The largest absolute Gasteiger partial charge is 0.493 e. The highest BCUT2D eigenvalue weighted by atomic mass is 16.5. The summed E-state index contributed by atoms with van der Waals surface area (Å²) in [5, 5.41) is 3.59. The van der Waals surface area contributed by atoms with Crippen LogP contribution in [0.3, 0.4) is 0 Å². The van der Waals surface area contributed by atoms with Crippen molar-refractivity contribution in [2.24, 2.45) is 5.92 Å². The van der Waals surface area contributed by atoms with E-state index >= 15 is 0 Å². The molecule has 0 aliphatic carbocycles. The lowest BCUT2D eigenvalue weighted by Gasteiger charge is -2.18. The molecule has 12 heteroatoms. The van der Waals surface area contributed by atoms with Gasteiger partial charge in [-0.05, 0) is 48.9 Å². The smallest absolute Gasteiger partial charge is 0.338 e. The van der Waals surface area contributed by atoms with Gasteiger partial charge >= 0.3 is 11.9 Å². The van der Waals surface area contributed by atoms with Crippen LogP contribution in [0.1, 0.15) is 40.5 Å². The number of hydrogen-bond acceptors (Lipinski definition) is 9. The summed E-state index contributed by atoms with van der Waals surface area (Å²) in [6.45, 7) is 1.53. The van der Waals surface area contributed by atoms with E-state index in [-0.39, 0.29) is 18.5 Å². The van der Waals surface area contributed by atoms with Gasteiger partial charge in [-0.15, -0.1) is 0 Å². The summed E-state index contributed by atoms with van der Waals surface area (Å²) in [5.41, 5.74) is 3.44. The molecule has 2 aromatic carbocycles. The number of hydrogen-bond donors (Lipinski definition) is 2. The molecule has 0 saturated carbocycles. The second-order valence-corrected chi connectivity index (χ2v) is 8.29. The fourth-order valence-electron chi connectivity index (χ4n) is 3.56. The summed E-state index contributed by atoms with van der Waals surface area (Å²) < 4.78 is 20.4. The van der Waals surface area contributed by atoms with Gasteiger partial charge in [-0.3, -0.25) is 29.6 Å². The van der Waals surface area contributed by atoms with E-state index in [1.54, 1.807) is 6.07 Å². The molecular weight excluding hydrogens is 498 g/mol. The van der Waals surface area contributed by atoms with Crippen LogP contribution >= 0.6 is 0 Å². The number of carbonyl (C=O) groups excluding carboxylic acids is 5. The number of hydrazine groups is 1. The number of methoxy groups -OCH3 is 2. The lowest BCUT2D eigenvalue weighted by atomic mass is 10.1. The monoisotopic (exact) mass is 527 g/mol. The van der Waals surface area contributed by atoms with E-state index in [0.29, 0.717) is 35.8 Å². The Bertz CT molecular complexity index is 1200. The van der Waals surface area contributed by atoms with Crippen molar-refractivity contribution in [3.05, 3.63) is 53.6 Å². The molecule has 0 unspecified atom stereocenters. The van der Waals surface area contributed by atoms with E-state index in [4.69, 9.17) is 18.9 Å². The SMILES string of the molecule is CCCOC(=O)c1ccc(NC(=O)COC(=O)[C@H]2CC(=O)N(NC(=O)c3ccc(OC)c(OC)c3)C2)cc1. The molecule has 3 amide bonds. The van der Waals surface area contributed by atoms with Crippen molar-refractivity contribution >= 4 is 35.3 Å². The molecule has 0 spiro atoms.